The van der Waals surface area contributed by atoms with Gasteiger partial charge in [-0.15, -0.1) is 0 Å². The molecule has 0 aliphatic carbocycles. The van der Waals surface area contributed by atoms with Crippen LogP contribution in [0.2, 0.25) is 0 Å². The monoisotopic (exact) mass is 248 g/mol. The number of hydrogen-bond donors (Lipinski definition) is 1. The highest BCUT2D eigenvalue weighted by molar-refractivity contribution is 7.91. The summed E-state index contributed by atoms with van der Waals surface area (Å²) in [7, 11) is -0.814. The van der Waals surface area contributed by atoms with Crippen molar-refractivity contribution in [2.75, 3.05) is 38.2 Å². The smallest absolute Gasteiger partial charge is 0.151 e. The average molecular weight is 248 g/mol. The second kappa shape index (κ2) is 5.98. The molecule has 0 aromatic rings. The van der Waals surface area contributed by atoms with Crippen LogP contribution >= 0.6 is 0 Å². The molecule has 4 nitrogen and oxygen atoms in total. The average Bonchev–Trinajstić information content (AvgIpc) is 2.27. The molecule has 2 unspecified atom stereocenters. The van der Waals surface area contributed by atoms with Crippen LogP contribution in [0.1, 0.15) is 20.3 Å². The SMILES string of the molecule is CCS(=O)(=O)CCN1CCC(NC)C(C)C1. The van der Waals surface area contributed by atoms with E-state index in [4.69, 9.17) is 0 Å². The van der Waals surface area contributed by atoms with Crippen LogP contribution in [0.25, 0.3) is 0 Å². The molecule has 1 saturated heterocycles. The molecule has 1 aliphatic heterocycles. The quantitative estimate of drug-likeness (QED) is 0.763. The molecule has 0 radical (unpaired) electrons. The lowest BCUT2D eigenvalue weighted by molar-refractivity contribution is 0.158. The number of hydrogen-bond acceptors (Lipinski definition) is 4. The van der Waals surface area contributed by atoms with Crippen LogP contribution < -0.4 is 5.32 Å². The molecule has 96 valence electrons. The van der Waals surface area contributed by atoms with E-state index in [-0.39, 0.29) is 5.75 Å². The Labute approximate surface area is 99.3 Å². The second-order valence-corrected chi connectivity index (χ2v) is 7.17. The van der Waals surface area contributed by atoms with Gasteiger partial charge in [0.25, 0.3) is 0 Å². The van der Waals surface area contributed by atoms with Gasteiger partial charge in [0.1, 0.15) is 0 Å². The summed E-state index contributed by atoms with van der Waals surface area (Å²) < 4.78 is 22.8. The standard InChI is InChI=1S/C11H24N2O2S/c1-4-16(14,15)8-7-13-6-5-11(12-3)10(2)9-13/h10-12H,4-9H2,1-3H3. The van der Waals surface area contributed by atoms with E-state index in [9.17, 15) is 8.42 Å². The first kappa shape index (κ1) is 13.9. The van der Waals surface area contributed by atoms with E-state index >= 15 is 0 Å². The molecule has 1 fully saturated rings. The van der Waals surface area contributed by atoms with Crippen molar-refractivity contribution >= 4 is 9.84 Å². The van der Waals surface area contributed by atoms with E-state index in [0.29, 0.717) is 24.3 Å². The van der Waals surface area contributed by atoms with E-state index in [1.54, 1.807) is 6.92 Å². The lowest BCUT2D eigenvalue weighted by Crippen LogP contribution is -2.48. The number of nitrogens with zero attached hydrogens (tertiary/aromatic N) is 1. The molecule has 0 aromatic carbocycles. The summed E-state index contributed by atoms with van der Waals surface area (Å²) in [6, 6.07) is 0.582. The molecular weight excluding hydrogens is 224 g/mol. The van der Waals surface area contributed by atoms with E-state index < -0.39 is 9.84 Å². The highest BCUT2D eigenvalue weighted by atomic mass is 32.2. The molecule has 16 heavy (non-hydrogen) atoms. The van der Waals surface area contributed by atoms with E-state index in [0.717, 1.165) is 19.5 Å². The van der Waals surface area contributed by atoms with Crippen molar-refractivity contribution in [3.05, 3.63) is 0 Å². The third kappa shape index (κ3) is 4.03. The fraction of sp³-hybridized carbons (Fsp3) is 1.00. The Kier molecular flexibility index (Phi) is 5.21. The summed E-state index contributed by atoms with van der Waals surface area (Å²) in [5, 5.41) is 3.31. The Morgan fingerprint density at radius 2 is 2.12 bits per heavy atom. The van der Waals surface area contributed by atoms with Crippen molar-refractivity contribution in [2.45, 2.75) is 26.3 Å². The lowest BCUT2D eigenvalue weighted by atomic mass is 9.94. The fourth-order valence-electron chi connectivity index (χ4n) is 2.28. The highest BCUT2D eigenvalue weighted by Crippen LogP contribution is 2.16. The van der Waals surface area contributed by atoms with Gasteiger partial charge in [0.15, 0.2) is 9.84 Å². The maximum absolute atomic E-state index is 11.4. The molecular formula is C11H24N2O2S. The molecule has 0 amide bonds. The van der Waals surface area contributed by atoms with Crippen molar-refractivity contribution < 1.29 is 8.42 Å². The van der Waals surface area contributed by atoms with Gasteiger partial charge in [-0.25, -0.2) is 8.42 Å². The lowest BCUT2D eigenvalue weighted by Gasteiger charge is -2.36. The number of sulfone groups is 1. The summed E-state index contributed by atoms with van der Waals surface area (Å²) in [6.07, 6.45) is 1.11. The van der Waals surface area contributed by atoms with Crippen LogP contribution in [0.15, 0.2) is 0 Å². The van der Waals surface area contributed by atoms with Crippen LogP contribution in [0.4, 0.5) is 0 Å². The van der Waals surface area contributed by atoms with Gasteiger partial charge in [0.05, 0.1) is 5.75 Å². The van der Waals surface area contributed by atoms with Crippen molar-refractivity contribution in [2.24, 2.45) is 5.92 Å². The normalized spacial score (nSPS) is 28.2. The Hall–Kier alpha value is -0.130. The van der Waals surface area contributed by atoms with Crippen LogP contribution in [0, 0.1) is 5.92 Å². The number of piperidine rings is 1. The first-order valence-electron chi connectivity index (χ1n) is 6.08. The largest absolute Gasteiger partial charge is 0.317 e. The highest BCUT2D eigenvalue weighted by Gasteiger charge is 2.25. The number of likely N-dealkylation sites (tertiary alicyclic amines) is 1. The van der Waals surface area contributed by atoms with Gasteiger partial charge >= 0.3 is 0 Å². The fourth-order valence-corrected chi connectivity index (χ4v) is 3.10. The zero-order valence-corrected chi connectivity index (χ0v) is 11.4. The van der Waals surface area contributed by atoms with Gasteiger partial charge in [-0.1, -0.05) is 13.8 Å². The third-order valence-electron chi connectivity index (χ3n) is 3.52. The van der Waals surface area contributed by atoms with Gasteiger partial charge in [0.2, 0.25) is 0 Å². The molecule has 1 N–H and O–H groups in total. The molecule has 5 heteroatoms. The van der Waals surface area contributed by atoms with Gasteiger partial charge < -0.3 is 10.2 Å². The molecule has 1 heterocycles. The molecule has 0 bridgehead atoms. The zero-order valence-electron chi connectivity index (χ0n) is 10.6. The summed E-state index contributed by atoms with van der Waals surface area (Å²) in [4.78, 5) is 2.27. The Balaban J connectivity index is 2.36. The minimum absolute atomic E-state index is 0.259. The Bertz CT molecular complexity index is 303. The van der Waals surface area contributed by atoms with Crippen molar-refractivity contribution in [3.8, 4) is 0 Å². The summed E-state index contributed by atoms with van der Waals surface area (Å²) in [6.45, 7) is 6.64. The van der Waals surface area contributed by atoms with Crippen molar-refractivity contribution in [3.63, 3.8) is 0 Å². The van der Waals surface area contributed by atoms with Gasteiger partial charge in [-0.05, 0) is 25.9 Å². The van der Waals surface area contributed by atoms with Crippen LogP contribution in [0.3, 0.4) is 0 Å². The Morgan fingerprint density at radius 1 is 1.44 bits per heavy atom. The second-order valence-electron chi connectivity index (χ2n) is 4.70. The minimum Gasteiger partial charge on any atom is -0.317 e. The number of rotatable bonds is 5. The Morgan fingerprint density at radius 3 is 2.62 bits per heavy atom. The molecule has 0 saturated carbocycles. The maximum atomic E-state index is 11.4. The van der Waals surface area contributed by atoms with Crippen LogP contribution in [-0.4, -0.2) is 57.5 Å². The van der Waals surface area contributed by atoms with E-state index in [1.807, 2.05) is 7.05 Å². The summed E-state index contributed by atoms with van der Waals surface area (Å²) in [5.74, 6) is 1.17. The molecule has 2 atom stereocenters. The topological polar surface area (TPSA) is 49.4 Å². The summed E-state index contributed by atoms with van der Waals surface area (Å²) in [5.41, 5.74) is 0. The molecule has 1 aliphatic rings. The zero-order chi connectivity index (χ0) is 12.2. The summed E-state index contributed by atoms with van der Waals surface area (Å²) >= 11 is 0. The van der Waals surface area contributed by atoms with Crippen LogP contribution in [0.5, 0.6) is 0 Å². The van der Waals surface area contributed by atoms with Crippen molar-refractivity contribution in [1.29, 1.82) is 0 Å². The van der Waals surface area contributed by atoms with Crippen LogP contribution in [-0.2, 0) is 9.84 Å². The first-order chi connectivity index (χ1) is 7.48. The molecule has 1 rings (SSSR count). The predicted octanol–water partition coefficient (Wildman–Crippen LogP) is 0.351. The molecule has 0 aromatic heterocycles. The third-order valence-corrected chi connectivity index (χ3v) is 5.20. The predicted molar refractivity (Wildman–Crippen MR) is 67.4 cm³/mol. The van der Waals surface area contributed by atoms with Gasteiger partial charge in [0, 0.05) is 24.9 Å². The minimum atomic E-state index is -2.81. The first-order valence-corrected chi connectivity index (χ1v) is 7.90. The maximum Gasteiger partial charge on any atom is 0.151 e. The van der Waals surface area contributed by atoms with E-state index in [2.05, 4.69) is 17.1 Å². The molecule has 0 spiro atoms. The van der Waals surface area contributed by atoms with Gasteiger partial charge in [-0.2, -0.15) is 0 Å². The van der Waals surface area contributed by atoms with Gasteiger partial charge in [-0.3, -0.25) is 0 Å². The number of nitrogens with one attached hydrogen (secondary N) is 1. The van der Waals surface area contributed by atoms with Crippen molar-refractivity contribution in [1.82, 2.24) is 10.2 Å². The van der Waals surface area contributed by atoms with E-state index in [1.165, 1.54) is 0 Å².